The summed E-state index contributed by atoms with van der Waals surface area (Å²) in [7, 11) is 1.50. The maximum absolute atomic E-state index is 11.4. The Labute approximate surface area is 107 Å². The molecule has 0 aliphatic rings. The van der Waals surface area contributed by atoms with Crippen molar-refractivity contribution >= 4 is 17.6 Å². The predicted molar refractivity (Wildman–Crippen MR) is 65.2 cm³/mol. The van der Waals surface area contributed by atoms with E-state index in [0.717, 1.165) is 5.56 Å². The Morgan fingerprint density at radius 3 is 2.56 bits per heavy atom. The molecule has 0 radical (unpaired) electrons. The Hall–Kier alpha value is -2.01. The van der Waals surface area contributed by atoms with Crippen LogP contribution in [-0.2, 0) is 13.5 Å². The lowest BCUT2D eigenvalue weighted by atomic mass is 10.1. The van der Waals surface area contributed by atoms with Gasteiger partial charge in [-0.25, -0.2) is 14.3 Å². The van der Waals surface area contributed by atoms with Crippen molar-refractivity contribution in [3.63, 3.8) is 0 Å². The second-order valence-electron chi connectivity index (χ2n) is 3.81. The highest BCUT2D eigenvalue weighted by atomic mass is 35.5. The van der Waals surface area contributed by atoms with E-state index in [9.17, 15) is 9.59 Å². The summed E-state index contributed by atoms with van der Waals surface area (Å²) in [5, 5.41) is 9.58. The van der Waals surface area contributed by atoms with Crippen LogP contribution >= 0.6 is 11.6 Å². The van der Waals surface area contributed by atoms with E-state index in [-0.39, 0.29) is 5.56 Å². The second kappa shape index (κ2) is 4.70. The van der Waals surface area contributed by atoms with E-state index >= 15 is 0 Å². The van der Waals surface area contributed by atoms with E-state index in [1.165, 1.54) is 11.8 Å². The van der Waals surface area contributed by atoms with Crippen LogP contribution in [0.2, 0.25) is 5.02 Å². The molecule has 0 bridgehead atoms. The van der Waals surface area contributed by atoms with Crippen LogP contribution in [0.4, 0.5) is 0 Å². The van der Waals surface area contributed by atoms with Crippen molar-refractivity contribution in [2.24, 2.45) is 7.05 Å². The van der Waals surface area contributed by atoms with E-state index in [2.05, 4.69) is 0 Å². The molecule has 18 heavy (non-hydrogen) atoms. The van der Waals surface area contributed by atoms with E-state index in [1.54, 1.807) is 24.3 Å². The van der Waals surface area contributed by atoms with E-state index in [0.29, 0.717) is 17.1 Å². The number of aryl methyl sites for hydroxylation is 1. The van der Waals surface area contributed by atoms with Crippen molar-refractivity contribution in [3.8, 4) is 0 Å². The molecule has 0 atom stereocenters. The van der Waals surface area contributed by atoms with Gasteiger partial charge in [-0.15, -0.1) is 0 Å². The zero-order chi connectivity index (χ0) is 13.3. The molecular formula is C12H10ClNO4. The maximum Gasteiger partial charge on any atom is 0.372 e. The fourth-order valence-corrected chi connectivity index (χ4v) is 1.83. The Morgan fingerprint density at radius 1 is 1.39 bits per heavy atom. The Morgan fingerprint density at radius 2 is 2.00 bits per heavy atom. The molecule has 1 aromatic heterocycles. The summed E-state index contributed by atoms with van der Waals surface area (Å²) in [6, 6.07) is 6.95. The first kappa shape index (κ1) is 12.4. The van der Waals surface area contributed by atoms with Gasteiger partial charge in [0.25, 0.3) is 0 Å². The SMILES string of the molecule is Cn1oc(=O)c(C(=O)O)c1Cc1ccc(Cl)cc1. The monoisotopic (exact) mass is 267 g/mol. The lowest BCUT2D eigenvalue weighted by Gasteiger charge is -2.03. The first-order chi connectivity index (χ1) is 8.49. The Balaban J connectivity index is 2.43. The van der Waals surface area contributed by atoms with Gasteiger partial charge in [0.15, 0.2) is 5.56 Å². The summed E-state index contributed by atoms with van der Waals surface area (Å²) < 4.78 is 5.94. The van der Waals surface area contributed by atoms with Gasteiger partial charge in [0, 0.05) is 18.5 Å². The van der Waals surface area contributed by atoms with Crippen LogP contribution < -0.4 is 5.63 Å². The van der Waals surface area contributed by atoms with Crippen LogP contribution in [0.25, 0.3) is 0 Å². The molecule has 6 heteroatoms. The Kier molecular flexibility index (Phi) is 3.25. The van der Waals surface area contributed by atoms with Gasteiger partial charge in [-0.1, -0.05) is 23.7 Å². The van der Waals surface area contributed by atoms with Crippen molar-refractivity contribution in [2.45, 2.75) is 6.42 Å². The molecular weight excluding hydrogens is 258 g/mol. The van der Waals surface area contributed by atoms with E-state index in [1.807, 2.05) is 0 Å². The van der Waals surface area contributed by atoms with Crippen molar-refractivity contribution in [2.75, 3.05) is 0 Å². The minimum Gasteiger partial charge on any atom is -0.477 e. The lowest BCUT2D eigenvalue weighted by Crippen LogP contribution is -2.12. The molecule has 2 aromatic rings. The average Bonchev–Trinajstić information content (AvgIpc) is 2.57. The maximum atomic E-state index is 11.4. The molecule has 0 aliphatic heterocycles. The summed E-state index contributed by atoms with van der Waals surface area (Å²) in [6.07, 6.45) is 0.293. The summed E-state index contributed by atoms with van der Waals surface area (Å²) >= 11 is 5.76. The summed E-state index contributed by atoms with van der Waals surface area (Å²) in [5.41, 5.74) is 0.00883. The molecule has 94 valence electrons. The zero-order valence-electron chi connectivity index (χ0n) is 9.51. The topological polar surface area (TPSA) is 72.4 Å². The number of halogens is 1. The molecule has 1 aromatic carbocycles. The second-order valence-corrected chi connectivity index (χ2v) is 4.24. The fraction of sp³-hybridized carbons (Fsp3) is 0.167. The van der Waals surface area contributed by atoms with E-state index < -0.39 is 11.6 Å². The van der Waals surface area contributed by atoms with Gasteiger partial charge >= 0.3 is 11.6 Å². The molecule has 0 spiro atoms. The predicted octanol–water partition coefficient (Wildman–Crippen LogP) is 1.92. The molecule has 0 saturated carbocycles. The number of nitrogens with zero attached hydrogens (tertiary/aromatic N) is 1. The highest BCUT2D eigenvalue weighted by molar-refractivity contribution is 6.30. The zero-order valence-corrected chi connectivity index (χ0v) is 10.3. The van der Waals surface area contributed by atoms with Crippen LogP contribution in [0, 0.1) is 0 Å². The van der Waals surface area contributed by atoms with Gasteiger partial charge in [0.1, 0.15) is 0 Å². The van der Waals surface area contributed by atoms with Crippen LogP contribution in [0.3, 0.4) is 0 Å². The van der Waals surface area contributed by atoms with Crippen molar-refractivity contribution in [3.05, 3.63) is 56.5 Å². The number of hydrogen-bond acceptors (Lipinski definition) is 3. The molecule has 0 aliphatic carbocycles. The summed E-state index contributed by atoms with van der Waals surface area (Å²) in [5.74, 6) is -1.28. The largest absolute Gasteiger partial charge is 0.477 e. The van der Waals surface area contributed by atoms with Crippen LogP contribution in [0.15, 0.2) is 33.6 Å². The molecule has 1 N–H and O–H groups in total. The lowest BCUT2D eigenvalue weighted by molar-refractivity contribution is 0.0693. The number of aromatic nitrogens is 1. The molecule has 2 rings (SSSR count). The molecule has 0 fully saturated rings. The Bertz CT molecular complexity index is 639. The van der Waals surface area contributed by atoms with Gasteiger partial charge in [-0.2, -0.15) is 0 Å². The molecule has 0 unspecified atom stereocenters. The number of aromatic carboxylic acids is 1. The van der Waals surface area contributed by atoms with Crippen LogP contribution in [0.5, 0.6) is 0 Å². The first-order valence-electron chi connectivity index (χ1n) is 5.16. The van der Waals surface area contributed by atoms with Gasteiger partial charge in [0.2, 0.25) is 0 Å². The van der Waals surface area contributed by atoms with Crippen molar-refractivity contribution < 1.29 is 14.4 Å². The standard InChI is InChI=1S/C12H10ClNO4/c1-14-9(10(11(15)16)12(17)18-14)6-7-2-4-8(13)5-3-7/h2-5H,6H2,1H3,(H,15,16). The quantitative estimate of drug-likeness (QED) is 0.922. The third kappa shape index (κ3) is 2.31. The van der Waals surface area contributed by atoms with Crippen molar-refractivity contribution in [1.82, 2.24) is 4.74 Å². The van der Waals surface area contributed by atoms with Gasteiger partial charge in [-0.05, 0) is 17.7 Å². The number of hydrogen-bond donors (Lipinski definition) is 1. The molecule has 1 heterocycles. The molecule has 0 saturated heterocycles. The number of carboxylic acids is 1. The minimum atomic E-state index is -1.28. The third-order valence-electron chi connectivity index (χ3n) is 2.59. The van der Waals surface area contributed by atoms with Crippen LogP contribution in [0.1, 0.15) is 21.6 Å². The first-order valence-corrected chi connectivity index (χ1v) is 5.53. The van der Waals surface area contributed by atoms with Gasteiger partial charge in [-0.3, -0.25) is 0 Å². The number of carbonyl (C=O) groups is 1. The van der Waals surface area contributed by atoms with Gasteiger partial charge < -0.3 is 9.63 Å². The molecule has 5 nitrogen and oxygen atoms in total. The van der Waals surface area contributed by atoms with Crippen LogP contribution in [-0.4, -0.2) is 15.8 Å². The van der Waals surface area contributed by atoms with Gasteiger partial charge in [0.05, 0.1) is 5.69 Å². The summed E-state index contributed by atoms with van der Waals surface area (Å²) in [4.78, 5) is 22.4. The number of benzene rings is 1. The summed E-state index contributed by atoms with van der Waals surface area (Å²) in [6.45, 7) is 0. The number of carboxylic acid groups (broad SMARTS) is 1. The highest BCUT2D eigenvalue weighted by Crippen LogP contribution is 2.15. The highest BCUT2D eigenvalue weighted by Gasteiger charge is 2.21. The average molecular weight is 268 g/mol. The van der Waals surface area contributed by atoms with Crippen molar-refractivity contribution in [1.29, 1.82) is 0 Å². The normalized spacial score (nSPS) is 10.6. The minimum absolute atomic E-state index is 0.293. The molecule has 0 amide bonds. The smallest absolute Gasteiger partial charge is 0.372 e. The fourth-order valence-electron chi connectivity index (χ4n) is 1.71. The van der Waals surface area contributed by atoms with E-state index in [4.69, 9.17) is 21.2 Å². The third-order valence-corrected chi connectivity index (χ3v) is 2.84. The number of rotatable bonds is 3.